The zero-order valence-electron chi connectivity index (χ0n) is 4.68. The van der Waals surface area contributed by atoms with Gasteiger partial charge in [-0.25, -0.2) is 5.32 Å². The van der Waals surface area contributed by atoms with Crippen molar-refractivity contribution in [2.45, 2.75) is 0 Å². The monoisotopic (exact) mass is 110 g/mol. The molecule has 1 fully saturated rings. The fraction of sp³-hybridized carbons (Fsp3) is 0.333. The van der Waals surface area contributed by atoms with Gasteiger partial charge in [0, 0.05) is 0 Å². The molecule has 0 aromatic rings. The van der Waals surface area contributed by atoms with Gasteiger partial charge in [0.05, 0.1) is 13.1 Å². The second-order valence-electron chi connectivity index (χ2n) is 1.72. The Bertz CT molecular complexity index is 114. The van der Waals surface area contributed by atoms with Crippen LogP contribution < -0.4 is 5.32 Å². The third-order valence-corrected chi connectivity index (χ3v) is 0.865. The van der Waals surface area contributed by atoms with Crippen molar-refractivity contribution < 1.29 is 4.74 Å². The van der Waals surface area contributed by atoms with Gasteiger partial charge in [-0.05, 0) is 0 Å². The molecule has 1 saturated heterocycles. The van der Waals surface area contributed by atoms with E-state index in [9.17, 15) is 0 Å². The molecule has 1 rings (SSSR count). The highest BCUT2D eigenvalue weighted by Crippen LogP contribution is 2.05. The molecule has 0 aliphatic carbocycles. The zero-order valence-corrected chi connectivity index (χ0v) is 4.68. The van der Waals surface area contributed by atoms with Crippen LogP contribution >= 0.6 is 0 Å². The highest BCUT2D eigenvalue weighted by atomic mass is 16.5. The normalized spacial score (nSPS) is 20.5. The summed E-state index contributed by atoms with van der Waals surface area (Å²) in [5.74, 6) is 1.39. The van der Waals surface area contributed by atoms with E-state index in [1.165, 1.54) is 0 Å². The van der Waals surface area contributed by atoms with Gasteiger partial charge in [0.15, 0.2) is 0 Å². The Labute approximate surface area is 48.8 Å². The molecule has 8 heavy (non-hydrogen) atoms. The van der Waals surface area contributed by atoms with Gasteiger partial charge in [-0.1, -0.05) is 13.2 Å². The van der Waals surface area contributed by atoms with Crippen molar-refractivity contribution >= 4 is 0 Å². The maximum Gasteiger partial charge on any atom is 0.112 e. The lowest BCUT2D eigenvalue weighted by Gasteiger charge is -2.15. The van der Waals surface area contributed by atoms with E-state index >= 15 is 0 Å². The van der Waals surface area contributed by atoms with E-state index in [4.69, 9.17) is 4.74 Å². The summed E-state index contributed by atoms with van der Waals surface area (Å²) in [6, 6.07) is 0. The molecule has 2 heteroatoms. The first-order valence-electron chi connectivity index (χ1n) is 2.45. The van der Waals surface area contributed by atoms with Crippen LogP contribution in [-0.4, -0.2) is 13.1 Å². The third-order valence-electron chi connectivity index (χ3n) is 0.865. The maximum atomic E-state index is 5.00. The average Bonchev–Trinajstić information content (AvgIpc) is 1.64. The number of rotatable bonds is 0. The van der Waals surface area contributed by atoms with Gasteiger partial charge >= 0.3 is 0 Å². The van der Waals surface area contributed by atoms with Gasteiger partial charge in [0.25, 0.3) is 0 Å². The van der Waals surface area contributed by atoms with E-state index < -0.39 is 0 Å². The van der Waals surface area contributed by atoms with Gasteiger partial charge in [0.1, 0.15) is 11.5 Å². The quantitative estimate of drug-likeness (QED) is 0.449. The summed E-state index contributed by atoms with van der Waals surface area (Å²) in [6.07, 6.45) is 0. The predicted molar refractivity (Wildman–Crippen MR) is 31.2 cm³/mol. The summed E-state index contributed by atoms with van der Waals surface area (Å²) in [7, 11) is 0. The van der Waals surface area contributed by atoms with E-state index in [-0.39, 0.29) is 0 Å². The lowest BCUT2D eigenvalue weighted by Crippen LogP contribution is -2.20. The van der Waals surface area contributed by atoms with Gasteiger partial charge in [0.2, 0.25) is 0 Å². The molecular weight excluding hydrogens is 102 g/mol. The first-order chi connectivity index (χ1) is 3.79. The fourth-order valence-corrected chi connectivity index (χ4v) is 0.574. The smallest absolute Gasteiger partial charge is 0.112 e. The summed E-state index contributed by atoms with van der Waals surface area (Å²) >= 11 is 0. The summed E-state index contributed by atoms with van der Waals surface area (Å²) in [6.45, 7) is 8.42. The summed E-state index contributed by atoms with van der Waals surface area (Å²) in [5, 5.41) is 4.02. The van der Waals surface area contributed by atoms with Gasteiger partial charge in [-0.15, -0.1) is 0 Å². The fourth-order valence-electron chi connectivity index (χ4n) is 0.574. The Morgan fingerprint density at radius 1 is 1.25 bits per heavy atom. The van der Waals surface area contributed by atoms with Crippen LogP contribution in [0.5, 0.6) is 0 Å². The largest absolute Gasteiger partial charge is 0.464 e. The average molecular weight is 110 g/mol. The highest BCUT2D eigenvalue weighted by Gasteiger charge is 2.06. The Kier molecular flexibility index (Phi) is 1.35. The van der Waals surface area contributed by atoms with Crippen molar-refractivity contribution in [3.05, 3.63) is 24.7 Å². The van der Waals surface area contributed by atoms with Crippen molar-refractivity contribution in [1.29, 1.82) is 0 Å². The molecule has 0 atom stereocenters. The number of morpholine rings is 1. The van der Waals surface area contributed by atoms with E-state index in [0.29, 0.717) is 24.6 Å². The van der Waals surface area contributed by atoms with Gasteiger partial charge in [-0.2, -0.15) is 0 Å². The van der Waals surface area contributed by atoms with Gasteiger partial charge < -0.3 is 4.74 Å². The lowest BCUT2D eigenvalue weighted by molar-refractivity contribution is 0.255. The number of hydrogen-bond acceptors (Lipinski definition) is 1. The molecule has 0 bridgehead atoms. The van der Waals surface area contributed by atoms with Crippen molar-refractivity contribution in [3.63, 3.8) is 0 Å². The van der Waals surface area contributed by atoms with E-state index in [0.717, 1.165) is 0 Å². The minimum absolute atomic E-state index is 0.624. The molecule has 1 aliphatic heterocycles. The number of nitrogens with zero attached hydrogens (tertiary/aromatic N) is 1. The van der Waals surface area contributed by atoms with E-state index in [1.54, 1.807) is 0 Å². The highest BCUT2D eigenvalue weighted by molar-refractivity contribution is 5.01. The van der Waals surface area contributed by atoms with Crippen LogP contribution in [0.15, 0.2) is 24.7 Å². The third kappa shape index (κ3) is 1.10. The van der Waals surface area contributed by atoms with E-state index in [1.807, 2.05) is 0 Å². The maximum absolute atomic E-state index is 5.00. The molecule has 0 aromatic heterocycles. The SMILES string of the molecule is C=C1C[N]CC(=C)O1. The predicted octanol–water partition coefficient (Wildman–Crippen LogP) is 0.648. The Morgan fingerprint density at radius 3 is 2.00 bits per heavy atom. The summed E-state index contributed by atoms with van der Waals surface area (Å²) < 4.78 is 5.00. The van der Waals surface area contributed by atoms with Crippen molar-refractivity contribution in [1.82, 2.24) is 5.32 Å². The summed E-state index contributed by atoms with van der Waals surface area (Å²) in [4.78, 5) is 0. The Balaban J connectivity index is 2.45. The van der Waals surface area contributed by atoms with Crippen LogP contribution in [0.25, 0.3) is 0 Å². The Hall–Kier alpha value is -0.760. The van der Waals surface area contributed by atoms with Crippen LogP contribution in [0.3, 0.4) is 0 Å². The number of hydrogen-bond donors (Lipinski definition) is 0. The molecule has 0 amide bonds. The molecule has 1 radical (unpaired) electrons. The first-order valence-corrected chi connectivity index (χ1v) is 2.45. The molecule has 0 spiro atoms. The molecule has 2 nitrogen and oxygen atoms in total. The summed E-state index contributed by atoms with van der Waals surface area (Å²) in [5.41, 5.74) is 0. The Morgan fingerprint density at radius 2 is 1.75 bits per heavy atom. The van der Waals surface area contributed by atoms with Crippen molar-refractivity contribution in [2.24, 2.45) is 0 Å². The lowest BCUT2D eigenvalue weighted by atomic mass is 10.4. The molecule has 1 aliphatic rings. The molecule has 43 valence electrons. The standard InChI is InChI=1S/C6H8NO/c1-5-3-7-4-6(2)8-5/h1-4H2. The molecule has 0 unspecified atom stereocenters. The molecule has 0 N–H and O–H groups in total. The molecular formula is C6H8NO. The zero-order chi connectivity index (χ0) is 5.98. The van der Waals surface area contributed by atoms with Crippen LogP contribution in [-0.2, 0) is 4.74 Å². The van der Waals surface area contributed by atoms with Crippen molar-refractivity contribution in [3.8, 4) is 0 Å². The topological polar surface area (TPSA) is 23.3 Å². The van der Waals surface area contributed by atoms with E-state index in [2.05, 4.69) is 18.5 Å². The van der Waals surface area contributed by atoms with Crippen molar-refractivity contribution in [2.75, 3.05) is 13.1 Å². The molecule has 0 saturated carbocycles. The number of ether oxygens (including phenoxy) is 1. The molecule has 1 heterocycles. The first kappa shape index (κ1) is 5.38. The minimum atomic E-state index is 0.624. The van der Waals surface area contributed by atoms with Crippen LogP contribution in [0, 0.1) is 0 Å². The van der Waals surface area contributed by atoms with Gasteiger partial charge in [-0.3, -0.25) is 0 Å². The molecule has 0 aromatic carbocycles. The second-order valence-corrected chi connectivity index (χ2v) is 1.72. The van der Waals surface area contributed by atoms with Crippen LogP contribution in [0.1, 0.15) is 0 Å². The van der Waals surface area contributed by atoms with Crippen LogP contribution in [0.4, 0.5) is 0 Å². The second kappa shape index (κ2) is 2.01. The minimum Gasteiger partial charge on any atom is -0.464 e. The van der Waals surface area contributed by atoms with Crippen LogP contribution in [0.2, 0.25) is 0 Å².